The number of hydrogen-bond donors (Lipinski definition) is 0. The van der Waals surface area contributed by atoms with Crippen LogP contribution in [0.1, 0.15) is 92.4 Å². The SMILES string of the molecule is CC(=O)[O-].CCCCC[P+](CCCC)(CCCC)CCCC. The predicted molar refractivity (Wildman–Crippen MR) is 101 cm³/mol. The van der Waals surface area contributed by atoms with Crippen molar-refractivity contribution >= 4 is 13.2 Å². The Hall–Kier alpha value is -0.100. The Kier molecular flexibility index (Phi) is 18.9. The summed E-state index contributed by atoms with van der Waals surface area (Å²) in [5.74, 6) is -1.08. The highest BCUT2D eigenvalue weighted by Gasteiger charge is 2.34. The number of carboxylic acid groups (broad SMARTS) is 1. The second-order valence-corrected chi connectivity index (χ2v) is 11.0. The Morgan fingerprint density at radius 2 is 0.955 bits per heavy atom. The van der Waals surface area contributed by atoms with Gasteiger partial charge in [-0.3, -0.25) is 0 Å². The molecule has 2 nitrogen and oxygen atoms in total. The maximum absolute atomic E-state index is 8.89. The molecule has 134 valence electrons. The number of carboxylic acids is 1. The van der Waals surface area contributed by atoms with Crippen molar-refractivity contribution in [3.05, 3.63) is 0 Å². The lowest BCUT2D eigenvalue weighted by Crippen LogP contribution is -2.16. The second-order valence-electron chi connectivity index (χ2n) is 6.50. The molecule has 0 spiro atoms. The summed E-state index contributed by atoms with van der Waals surface area (Å²) in [4.78, 5) is 8.89. The van der Waals surface area contributed by atoms with E-state index in [0.29, 0.717) is 0 Å². The highest BCUT2D eigenvalue weighted by Crippen LogP contribution is 2.61. The highest BCUT2D eigenvalue weighted by atomic mass is 31.2. The third-order valence-electron chi connectivity index (χ3n) is 4.19. The molecule has 0 fully saturated rings. The van der Waals surface area contributed by atoms with E-state index in [9.17, 15) is 0 Å². The smallest absolute Gasteiger partial charge is 0.0594 e. The first kappa shape index (κ1) is 24.2. The van der Waals surface area contributed by atoms with Crippen LogP contribution in [0.25, 0.3) is 0 Å². The molecule has 0 unspecified atom stereocenters. The van der Waals surface area contributed by atoms with Crippen LogP contribution in [0.2, 0.25) is 0 Å². The molecule has 0 saturated heterocycles. The van der Waals surface area contributed by atoms with Crippen molar-refractivity contribution in [2.45, 2.75) is 92.4 Å². The fourth-order valence-electron chi connectivity index (χ4n) is 2.85. The van der Waals surface area contributed by atoms with Gasteiger partial charge >= 0.3 is 0 Å². The van der Waals surface area contributed by atoms with Gasteiger partial charge < -0.3 is 9.90 Å². The van der Waals surface area contributed by atoms with Crippen molar-refractivity contribution in [1.29, 1.82) is 0 Å². The lowest BCUT2D eigenvalue weighted by atomic mass is 10.3. The Bertz CT molecular complexity index is 216. The fraction of sp³-hybridized carbons (Fsp3) is 0.947. The molecular formula is C19H41O2P. The molecule has 22 heavy (non-hydrogen) atoms. The van der Waals surface area contributed by atoms with Gasteiger partial charge in [-0.25, -0.2) is 0 Å². The van der Waals surface area contributed by atoms with Gasteiger partial charge in [0, 0.05) is 13.2 Å². The molecule has 0 aromatic carbocycles. The average Bonchev–Trinajstić information content (AvgIpc) is 2.48. The zero-order valence-corrected chi connectivity index (χ0v) is 16.9. The summed E-state index contributed by atoms with van der Waals surface area (Å²) in [7, 11) is -0.575. The number of aliphatic carboxylic acids is 1. The van der Waals surface area contributed by atoms with Crippen molar-refractivity contribution in [2.75, 3.05) is 24.6 Å². The Morgan fingerprint density at radius 1 is 0.682 bits per heavy atom. The number of rotatable bonds is 13. The van der Waals surface area contributed by atoms with E-state index >= 15 is 0 Å². The normalized spacial score (nSPS) is 11.0. The van der Waals surface area contributed by atoms with Crippen molar-refractivity contribution in [3.63, 3.8) is 0 Å². The molecule has 0 aliphatic carbocycles. The van der Waals surface area contributed by atoms with Crippen LogP contribution < -0.4 is 5.11 Å². The summed E-state index contributed by atoms with van der Waals surface area (Å²) >= 11 is 0. The minimum atomic E-state index is -1.08. The first-order valence-electron chi connectivity index (χ1n) is 9.50. The molecule has 3 heteroatoms. The van der Waals surface area contributed by atoms with Gasteiger partial charge in [0.05, 0.1) is 24.6 Å². The van der Waals surface area contributed by atoms with Crippen molar-refractivity contribution in [3.8, 4) is 0 Å². The molecule has 0 heterocycles. The standard InChI is InChI=1S/C17H38P.C2H4O2/c1-5-9-13-17-18(14-10-6-2,15-11-7-3)16-12-8-4;1-2(3)4/h5-17H2,1-4H3;1H3,(H,3,4)/q+1;/p-1. The van der Waals surface area contributed by atoms with Gasteiger partial charge in [0.15, 0.2) is 0 Å². The summed E-state index contributed by atoms with van der Waals surface area (Å²) in [6.07, 6.45) is 19.5. The van der Waals surface area contributed by atoms with Gasteiger partial charge in [-0.1, -0.05) is 59.8 Å². The fourth-order valence-corrected chi connectivity index (χ4v) is 8.05. The summed E-state index contributed by atoms with van der Waals surface area (Å²) in [6, 6.07) is 0. The van der Waals surface area contributed by atoms with Crippen LogP contribution in [0.4, 0.5) is 0 Å². The van der Waals surface area contributed by atoms with Crippen LogP contribution in [-0.2, 0) is 4.79 Å². The predicted octanol–water partition coefficient (Wildman–Crippen LogP) is 5.35. The third-order valence-corrected chi connectivity index (χ3v) is 9.25. The molecule has 0 amide bonds. The number of carbonyl (C=O) groups is 1. The van der Waals surface area contributed by atoms with E-state index in [1.165, 1.54) is 57.8 Å². The van der Waals surface area contributed by atoms with Crippen molar-refractivity contribution < 1.29 is 9.90 Å². The molecular weight excluding hydrogens is 291 g/mol. The largest absolute Gasteiger partial charge is 0.550 e. The lowest BCUT2D eigenvalue weighted by molar-refractivity contribution is -0.302. The first-order valence-corrected chi connectivity index (χ1v) is 12.0. The molecule has 0 rings (SSSR count). The molecule has 0 aromatic rings. The molecule has 0 N–H and O–H groups in total. The van der Waals surface area contributed by atoms with E-state index in [0.717, 1.165) is 6.92 Å². The van der Waals surface area contributed by atoms with Gasteiger partial charge in [-0.15, -0.1) is 0 Å². The Labute approximate surface area is 140 Å². The highest BCUT2D eigenvalue weighted by molar-refractivity contribution is 7.75. The second kappa shape index (κ2) is 17.3. The van der Waals surface area contributed by atoms with E-state index in [4.69, 9.17) is 9.90 Å². The minimum Gasteiger partial charge on any atom is -0.550 e. The maximum atomic E-state index is 8.89. The maximum Gasteiger partial charge on any atom is 0.0594 e. The van der Waals surface area contributed by atoms with Crippen LogP contribution in [-0.4, -0.2) is 30.6 Å². The molecule has 0 bridgehead atoms. The Balaban J connectivity index is 0. The molecule has 0 aliphatic rings. The molecule has 0 saturated carbocycles. The van der Waals surface area contributed by atoms with Gasteiger partial charge in [-0.05, 0) is 32.6 Å². The van der Waals surface area contributed by atoms with Crippen molar-refractivity contribution in [1.82, 2.24) is 0 Å². The monoisotopic (exact) mass is 332 g/mol. The topological polar surface area (TPSA) is 40.1 Å². The van der Waals surface area contributed by atoms with Crippen LogP contribution in [0, 0.1) is 0 Å². The lowest BCUT2D eigenvalue weighted by Gasteiger charge is -2.28. The number of carbonyl (C=O) groups excluding carboxylic acids is 1. The number of hydrogen-bond acceptors (Lipinski definition) is 2. The molecule has 0 aromatic heterocycles. The minimum absolute atomic E-state index is 0.575. The summed E-state index contributed by atoms with van der Waals surface area (Å²) in [6.45, 7) is 10.4. The molecule has 0 atom stereocenters. The van der Waals surface area contributed by atoms with Gasteiger partial charge in [0.1, 0.15) is 0 Å². The van der Waals surface area contributed by atoms with Gasteiger partial charge in [-0.2, -0.15) is 0 Å². The Morgan fingerprint density at radius 3 is 1.23 bits per heavy atom. The van der Waals surface area contributed by atoms with E-state index in [1.807, 2.05) is 0 Å². The molecule has 0 aliphatic heterocycles. The van der Waals surface area contributed by atoms with Crippen LogP contribution in [0.3, 0.4) is 0 Å². The van der Waals surface area contributed by atoms with Crippen LogP contribution >= 0.6 is 7.26 Å². The zero-order chi connectivity index (χ0) is 17.3. The van der Waals surface area contributed by atoms with Gasteiger partial charge in [0.2, 0.25) is 0 Å². The van der Waals surface area contributed by atoms with E-state index < -0.39 is 13.2 Å². The zero-order valence-electron chi connectivity index (χ0n) is 16.0. The van der Waals surface area contributed by atoms with Crippen LogP contribution in [0.15, 0.2) is 0 Å². The first-order chi connectivity index (χ1) is 10.5. The van der Waals surface area contributed by atoms with E-state index in [1.54, 1.807) is 24.6 Å². The van der Waals surface area contributed by atoms with Crippen molar-refractivity contribution in [2.24, 2.45) is 0 Å². The number of unbranched alkanes of at least 4 members (excludes halogenated alkanes) is 5. The summed E-state index contributed by atoms with van der Waals surface area (Å²) in [5, 5.41) is 8.89. The van der Waals surface area contributed by atoms with Gasteiger partial charge in [0.25, 0.3) is 0 Å². The quantitative estimate of drug-likeness (QED) is 0.337. The molecule has 0 radical (unpaired) electrons. The van der Waals surface area contributed by atoms with E-state index in [-0.39, 0.29) is 0 Å². The third kappa shape index (κ3) is 16.3. The van der Waals surface area contributed by atoms with Crippen LogP contribution in [0.5, 0.6) is 0 Å². The summed E-state index contributed by atoms with van der Waals surface area (Å²) in [5.41, 5.74) is 0. The average molecular weight is 333 g/mol. The van der Waals surface area contributed by atoms with E-state index in [2.05, 4.69) is 27.7 Å². The summed E-state index contributed by atoms with van der Waals surface area (Å²) < 4.78 is 0.